The summed E-state index contributed by atoms with van der Waals surface area (Å²) in [6.07, 6.45) is 1.03. The molecule has 110 valence electrons. The van der Waals surface area contributed by atoms with Crippen LogP contribution >= 0.6 is 0 Å². The number of ether oxygens (including phenoxy) is 1. The Labute approximate surface area is 127 Å². The molecule has 0 saturated carbocycles. The van der Waals surface area contributed by atoms with Crippen molar-refractivity contribution in [2.24, 2.45) is 0 Å². The van der Waals surface area contributed by atoms with Crippen molar-refractivity contribution < 1.29 is 4.74 Å². The van der Waals surface area contributed by atoms with Gasteiger partial charge in [0.05, 0.1) is 6.61 Å². The number of hydrogen-bond donors (Lipinski definition) is 1. The fourth-order valence-electron chi connectivity index (χ4n) is 3.11. The Kier molecular flexibility index (Phi) is 3.98. The molecule has 2 aromatic rings. The number of rotatable bonds is 4. The van der Waals surface area contributed by atoms with Crippen LogP contribution in [0.15, 0.2) is 42.5 Å². The van der Waals surface area contributed by atoms with Crippen molar-refractivity contribution in [2.75, 3.05) is 6.61 Å². The average molecular weight is 281 g/mol. The maximum absolute atomic E-state index is 5.58. The van der Waals surface area contributed by atoms with Gasteiger partial charge in [-0.1, -0.05) is 36.4 Å². The molecular weight excluding hydrogens is 258 g/mol. The number of fused-ring (bicyclic) bond motifs is 1. The molecule has 0 aromatic heterocycles. The van der Waals surface area contributed by atoms with Crippen LogP contribution in [0.3, 0.4) is 0 Å². The minimum atomic E-state index is 0.325. The second-order valence-corrected chi connectivity index (χ2v) is 5.93. The maximum atomic E-state index is 5.58. The monoisotopic (exact) mass is 281 g/mol. The number of aryl methyl sites for hydroxylation is 1. The van der Waals surface area contributed by atoms with E-state index in [-0.39, 0.29) is 0 Å². The maximum Gasteiger partial charge on any atom is 0.122 e. The standard InChI is InChI=1S/C19H23NO/c1-13-6-4-5-7-18(13)15(3)20-14(2)16-8-9-19-17(12-16)10-11-21-19/h4-9,12,14-15,20H,10-11H2,1-3H3/t14?,15-/m1/s1. The van der Waals surface area contributed by atoms with Gasteiger partial charge in [0.15, 0.2) is 0 Å². The summed E-state index contributed by atoms with van der Waals surface area (Å²) in [5.41, 5.74) is 5.38. The normalized spacial score (nSPS) is 16.1. The van der Waals surface area contributed by atoms with Crippen LogP contribution < -0.4 is 10.1 Å². The molecule has 1 heterocycles. The highest BCUT2D eigenvalue weighted by Crippen LogP contribution is 2.29. The van der Waals surface area contributed by atoms with E-state index in [1.807, 2.05) is 0 Å². The van der Waals surface area contributed by atoms with E-state index in [2.05, 4.69) is 68.6 Å². The lowest BCUT2D eigenvalue weighted by atomic mass is 9.99. The van der Waals surface area contributed by atoms with Crippen LogP contribution in [0.2, 0.25) is 0 Å². The zero-order chi connectivity index (χ0) is 14.8. The molecule has 1 N–H and O–H groups in total. The molecule has 21 heavy (non-hydrogen) atoms. The van der Waals surface area contributed by atoms with E-state index in [9.17, 15) is 0 Å². The van der Waals surface area contributed by atoms with E-state index < -0.39 is 0 Å². The highest BCUT2D eigenvalue weighted by molar-refractivity contribution is 5.40. The third-order valence-electron chi connectivity index (χ3n) is 4.37. The van der Waals surface area contributed by atoms with Crippen molar-refractivity contribution >= 4 is 0 Å². The highest BCUT2D eigenvalue weighted by atomic mass is 16.5. The summed E-state index contributed by atoms with van der Waals surface area (Å²) >= 11 is 0. The number of nitrogens with one attached hydrogen (secondary N) is 1. The molecule has 3 rings (SSSR count). The molecule has 2 aromatic carbocycles. The Bertz CT molecular complexity index is 635. The third-order valence-corrected chi connectivity index (χ3v) is 4.37. The van der Waals surface area contributed by atoms with Gasteiger partial charge in [0, 0.05) is 18.5 Å². The largest absolute Gasteiger partial charge is 0.493 e. The third kappa shape index (κ3) is 2.96. The molecule has 2 atom stereocenters. The van der Waals surface area contributed by atoms with Crippen molar-refractivity contribution in [3.8, 4) is 5.75 Å². The molecule has 2 heteroatoms. The first-order valence-corrected chi connectivity index (χ1v) is 7.72. The van der Waals surface area contributed by atoms with E-state index >= 15 is 0 Å². The van der Waals surface area contributed by atoms with Crippen molar-refractivity contribution in [1.29, 1.82) is 0 Å². The van der Waals surface area contributed by atoms with Gasteiger partial charge in [0.2, 0.25) is 0 Å². The molecule has 1 unspecified atom stereocenters. The second-order valence-electron chi connectivity index (χ2n) is 5.93. The zero-order valence-electron chi connectivity index (χ0n) is 13.0. The van der Waals surface area contributed by atoms with Crippen LogP contribution in [0, 0.1) is 6.92 Å². The van der Waals surface area contributed by atoms with Gasteiger partial charge in [-0.05, 0) is 49.1 Å². The quantitative estimate of drug-likeness (QED) is 0.900. The summed E-state index contributed by atoms with van der Waals surface area (Å²) in [6.45, 7) is 7.45. The fourth-order valence-corrected chi connectivity index (χ4v) is 3.11. The van der Waals surface area contributed by atoms with Gasteiger partial charge in [-0.25, -0.2) is 0 Å². The molecule has 1 aliphatic heterocycles. The summed E-state index contributed by atoms with van der Waals surface area (Å²) in [7, 11) is 0. The van der Waals surface area contributed by atoms with Gasteiger partial charge in [-0.15, -0.1) is 0 Å². The summed E-state index contributed by atoms with van der Waals surface area (Å²) in [5.74, 6) is 1.05. The van der Waals surface area contributed by atoms with Crippen molar-refractivity contribution in [2.45, 2.75) is 39.3 Å². The van der Waals surface area contributed by atoms with Gasteiger partial charge < -0.3 is 10.1 Å². The summed E-state index contributed by atoms with van der Waals surface area (Å²) in [6, 6.07) is 15.8. The SMILES string of the molecule is Cc1ccccc1[C@@H](C)NC(C)c1ccc2c(c1)CCO2. The molecule has 0 amide bonds. The Morgan fingerprint density at radius 3 is 2.67 bits per heavy atom. The van der Waals surface area contributed by atoms with Crippen LogP contribution in [0.5, 0.6) is 5.75 Å². The van der Waals surface area contributed by atoms with Crippen molar-refractivity contribution in [3.05, 3.63) is 64.7 Å². The van der Waals surface area contributed by atoms with Crippen molar-refractivity contribution in [3.63, 3.8) is 0 Å². The fraction of sp³-hybridized carbons (Fsp3) is 0.368. The van der Waals surface area contributed by atoms with Gasteiger partial charge in [0.25, 0.3) is 0 Å². The van der Waals surface area contributed by atoms with E-state index in [1.54, 1.807) is 0 Å². The van der Waals surface area contributed by atoms with Crippen LogP contribution in [0.1, 0.15) is 48.2 Å². The predicted molar refractivity (Wildman–Crippen MR) is 86.8 cm³/mol. The summed E-state index contributed by atoms with van der Waals surface area (Å²) in [4.78, 5) is 0. The van der Waals surface area contributed by atoms with Crippen molar-refractivity contribution in [1.82, 2.24) is 5.32 Å². The van der Waals surface area contributed by atoms with Gasteiger partial charge in [0.1, 0.15) is 5.75 Å². The smallest absolute Gasteiger partial charge is 0.122 e. The van der Waals surface area contributed by atoms with Gasteiger partial charge in [-0.2, -0.15) is 0 Å². The predicted octanol–water partition coefficient (Wildman–Crippen LogP) is 4.34. The number of benzene rings is 2. The molecule has 0 saturated heterocycles. The minimum absolute atomic E-state index is 0.325. The summed E-state index contributed by atoms with van der Waals surface area (Å²) < 4.78 is 5.58. The second kappa shape index (κ2) is 5.90. The van der Waals surface area contributed by atoms with E-state index in [4.69, 9.17) is 4.74 Å². The molecule has 2 nitrogen and oxygen atoms in total. The van der Waals surface area contributed by atoms with Crippen LogP contribution in [0.25, 0.3) is 0 Å². The topological polar surface area (TPSA) is 21.3 Å². The van der Waals surface area contributed by atoms with Crippen LogP contribution in [-0.2, 0) is 6.42 Å². The first kappa shape index (κ1) is 14.2. The van der Waals surface area contributed by atoms with Gasteiger partial charge >= 0.3 is 0 Å². The minimum Gasteiger partial charge on any atom is -0.493 e. The first-order valence-electron chi connectivity index (χ1n) is 7.72. The van der Waals surface area contributed by atoms with Gasteiger partial charge in [-0.3, -0.25) is 0 Å². The van der Waals surface area contributed by atoms with E-state index in [1.165, 1.54) is 22.3 Å². The first-order chi connectivity index (χ1) is 10.1. The summed E-state index contributed by atoms with van der Waals surface area (Å²) in [5, 5.41) is 3.70. The van der Waals surface area contributed by atoms with E-state index in [0.29, 0.717) is 12.1 Å². The van der Waals surface area contributed by atoms with Crippen LogP contribution in [-0.4, -0.2) is 6.61 Å². The molecule has 0 aliphatic carbocycles. The molecule has 1 aliphatic rings. The Morgan fingerprint density at radius 2 is 1.86 bits per heavy atom. The van der Waals surface area contributed by atoms with Crippen LogP contribution in [0.4, 0.5) is 0 Å². The lowest BCUT2D eigenvalue weighted by Crippen LogP contribution is -2.23. The number of hydrogen-bond acceptors (Lipinski definition) is 2. The van der Waals surface area contributed by atoms with E-state index in [0.717, 1.165) is 18.8 Å². The lowest BCUT2D eigenvalue weighted by Gasteiger charge is -2.22. The Balaban J connectivity index is 1.74. The zero-order valence-corrected chi connectivity index (χ0v) is 13.0. The lowest BCUT2D eigenvalue weighted by molar-refractivity contribution is 0.356. The Hall–Kier alpha value is -1.80. The Morgan fingerprint density at radius 1 is 1.05 bits per heavy atom. The molecule has 0 spiro atoms. The molecule has 0 bridgehead atoms. The molecule has 0 radical (unpaired) electrons. The average Bonchev–Trinajstić information content (AvgIpc) is 2.94. The molecule has 0 fully saturated rings. The highest BCUT2D eigenvalue weighted by Gasteiger charge is 2.16. The molecular formula is C19H23NO.